The molecule has 18 heavy (non-hydrogen) atoms. The topological polar surface area (TPSA) is 100 Å². The summed E-state index contributed by atoms with van der Waals surface area (Å²) in [6.07, 6.45) is 1.52. The van der Waals surface area contributed by atoms with Gasteiger partial charge in [-0.15, -0.1) is 0 Å². The average molecular weight is 253 g/mol. The van der Waals surface area contributed by atoms with Gasteiger partial charge in [0.25, 0.3) is 5.91 Å². The SMILES string of the molecule is CC(=O)NCCNC(=O)c1cccn1CC(=O)O. The lowest BCUT2D eigenvalue weighted by molar-refractivity contribution is -0.137. The van der Waals surface area contributed by atoms with Gasteiger partial charge in [0.05, 0.1) is 0 Å². The summed E-state index contributed by atoms with van der Waals surface area (Å²) >= 11 is 0. The van der Waals surface area contributed by atoms with E-state index in [0.717, 1.165) is 0 Å². The lowest BCUT2D eigenvalue weighted by Crippen LogP contribution is -2.34. The molecule has 0 fully saturated rings. The highest BCUT2D eigenvalue weighted by Crippen LogP contribution is 2.01. The zero-order valence-electron chi connectivity index (χ0n) is 9.97. The first-order chi connectivity index (χ1) is 8.50. The standard InChI is InChI=1S/C11H15N3O4/c1-8(15)12-4-5-13-11(18)9-3-2-6-14(9)7-10(16)17/h2-3,6H,4-5,7H2,1H3,(H,12,15)(H,13,18)(H,16,17). The number of rotatable bonds is 6. The summed E-state index contributed by atoms with van der Waals surface area (Å²) < 4.78 is 1.34. The van der Waals surface area contributed by atoms with Crippen LogP contribution in [0.5, 0.6) is 0 Å². The van der Waals surface area contributed by atoms with E-state index in [1.165, 1.54) is 23.8 Å². The van der Waals surface area contributed by atoms with Gasteiger partial charge in [-0.05, 0) is 12.1 Å². The molecule has 1 aromatic heterocycles. The molecule has 0 aliphatic rings. The maximum absolute atomic E-state index is 11.7. The van der Waals surface area contributed by atoms with Crippen LogP contribution < -0.4 is 10.6 Å². The van der Waals surface area contributed by atoms with Crippen molar-refractivity contribution in [1.82, 2.24) is 15.2 Å². The van der Waals surface area contributed by atoms with Crippen LogP contribution in [-0.4, -0.2) is 40.5 Å². The normalized spacial score (nSPS) is 9.83. The Labute approximate surface area is 104 Å². The molecule has 0 atom stereocenters. The van der Waals surface area contributed by atoms with Crippen LogP contribution in [0.3, 0.4) is 0 Å². The summed E-state index contributed by atoms with van der Waals surface area (Å²) in [7, 11) is 0. The molecule has 1 heterocycles. The third-order valence-electron chi connectivity index (χ3n) is 2.15. The van der Waals surface area contributed by atoms with Gasteiger partial charge in [-0.1, -0.05) is 0 Å². The molecule has 1 aromatic rings. The van der Waals surface area contributed by atoms with Gasteiger partial charge in [-0.2, -0.15) is 0 Å². The van der Waals surface area contributed by atoms with Gasteiger partial charge in [0.2, 0.25) is 5.91 Å². The van der Waals surface area contributed by atoms with Crippen LogP contribution >= 0.6 is 0 Å². The molecule has 0 spiro atoms. The molecule has 0 aliphatic carbocycles. The lowest BCUT2D eigenvalue weighted by atomic mass is 10.4. The van der Waals surface area contributed by atoms with Gasteiger partial charge < -0.3 is 20.3 Å². The molecule has 0 saturated carbocycles. The Morgan fingerprint density at radius 2 is 1.94 bits per heavy atom. The number of aromatic nitrogens is 1. The van der Waals surface area contributed by atoms with Gasteiger partial charge >= 0.3 is 5.97 Å². The zero-order chi connectivity index (χ0) is 13.5. The Kier molecular flexibility index (Phi) is 4.91. The molecule has 0 unspecified atom stereocenters. The number of hydrogen-bond acceptors (Lipinski definition) is 3. The predicted molar refractivity (Wildman–Crippen MR) is 63.1 cm³/mol. The van der Waals surface area contributed by atoms with E-state index in [1.54, 1.807) is 6.07 Å². The van der Waals surface area contributed by atoms with E-state index < -0.39 is 5.97 Å². The molecular weight excluding hydrogens is 238 g/mol. The van der Waals surface area contributed by atoms with E-state index in [9.17, 15) is 14.4 Å². The van der Waals surface area contributed by atoms with E-state index >= 15 is 0 Å². The van der Waals surface area contributed by atoms with Gasteiger partial charge in [-0.3, -0.25) is 14.4 Å². The molecule has 3 N–H and O–H groups in total. The van der Waals surface area contributed by atoms with Crippen molar-refractivity contribution in [2.24, 2.45) is 0 Å². The molecule has 7 heteroatoms. The molecule has 0 radical (unpaired) electrons. The minimum absolute atomic E-state index is 0.168. The van der Waals surface area contributed by atoms with Crippen LogP contribution in [0.15, 0.2) is 18.3 Å². The second-order valence-corrected chi connectivity index (χ2v) is 3.65. The summed E-state index contributed by atoms with van der Waals surface area (Å²) in [5, 5.41) is 13.8. The highest BCUT2D eigenvalue weighted by Gasteiger charge is 2.11. The molecule has 1 rings (SSSR count). The first kappa shape index (κ1) is 13.8. The van der Waals surface area contributed by atoms with Crippen LogP contribution in [0, 0.1) is 0 Å². The summed E-state index contributed by atoms with van der Waals surface area (Å²) in [4.78, 5) is 32.9. The number of nitrogens with zero attached hydrogens (tertiary/aromatic N) is 1. The van der Waals surface area contributed by atoms with Gasteiger partial charge in [0, 0.05) is 26.2 Å². The van der Waals surface area contributed by atoms with Crippen molar-refractivity contribution in [3.8, 4) is 0 Å². The highest BCUT2D eigenvalue weighted by atomic mass is 16.4. The molecule has 0 aromatic carbocycles. The fraction of sp³-hybridized carbons (Fsp3) is 0.364. The van der Waals surface area contributed by atoms with Crippen LogP contribution in [0.1, 0.15) is 17.4 Å². The van der Waals surface area contributed by atoms with E-state index in [1.807, 2.05) is 0 Å². The number of hydrogen-bond donors (Lipinski definition) is 3. The fourth-order valence-electron chi connectivity index (χ4n) is 1.41. The summed E-state index contributed by atoms with van der Waals surface area (Å²) in [6.45, 7) is 1.75. The maximum Gasteiger partial charge on any atom is 0.323 e. The first-order valence-electron chi connectivity index (χ1n) is 5.40. The number of carboxylic acids is 1. The Hall–Kier alpha value is -2.31. The van der Waals surface area contributed by atoms with E-state index in [0.29, 0.717) is 6.54 Å². The van der Waals surface area contributed by atoms with Crippen LogP contribution in [0.25, 0.3) is 0 Å². The van der Waals surface area contributed by atoms with Gasteiger partial charge in [-0.25, -0.2) is 0 Å². The molecule has 0 aliphatic heterocycles. The van der Waals surface area contributed by atoms with Crippen LogP contribution in [-0.2, 0) is 16.1 Å². The van der Waals surface area contributed by atoms with E-state index in [-0.39, 0.29) is 30.6 Å². The third-order valence-corrected chi connectivity index (χ3v) is 2.15. The zero-order valence-corrected chi connectivity index (χ0v) is 9.97. The third kappa shape index (κ3) is 4.28. The Balaban J connectivity index is 2.48. The molecule has 0 saturated heterocycles. The smallest absolute Gasteiger partial charge is 0.323 e. The number of carboxylic acid groups (broad SMARTS) is 1. The monoisotopic (exact) mass is 253 g/mol. The van der Waals surface area contributed by atoms with E-state index in [2.05, 4.69) is 10.6 Å². The molecule has 0 bridgehead atoms. The largest absolute Gasteiger partial charge is 0.480 e. The Morgan fingerprint density at radius 1 is 1.28 bits per heavy atom. The number of nitrogens with one attached hydrogen (secondary N) is 2. The first-order valence-corrected chi connectivity index (χ1v) is 5.40. The molecule has 7 nitrogen and oxygen atoms in total. The minimum Gasteiger partial charge on any atom is -0.480 e. The second kappa shape index (κ2) is 6.43. The van der Waals surface area contributed by atoms with Gasteiger partial charge in [0.1, 0.15) is 12.2 Å². The molecule has 2 amide bonds. The number of carbonyl (C=O) groups is 3. The van der Waals surface area contributed by atoms with Crippen molar-refractivity contribution >= 4 is 17.8 Å². The Bertz CT molecular complexity index is 453. The summed E-state index contributed by atoms with van der Waals surface area (Å²) in [6, 6.07) is 3.14. The number of aliphatic carboxylic acids is 1. The van der Waals surface area contributed by atoms with Crippen molar-refractivity contribution in [2.75, 3.05) is 13.1 Å². The van der Waals surface area contributed by atoms with Crippen molar-refractivity contribution in [2.45, 2.75) is 13.5 Å². The van der Waals surface area contributed by atoms with Crippen molar-refractivity contribution in [3.63, 3.8) is 0 Å². The Morgan fingerprint density at radius 3 is 2.56 bits per heavy atom. The summed E-state index contributed by atoms with van der Waals surface area (Å²) in [5.74, 6) is -1.55. The molecular formula is C11H15N3O4. The maximum atomic E-state index is 11.7. The highest BCUT2D eigenvalue weighted by molar-refractivity contribution is 5.93. The number of amides is 2. The predicted octanol–water partition coefficient (Wildman–Crippen LogP) is -0.561. The van der Waals surface area contributed by atoms with Crippen LogP contribution in [0.4, 0.5) is 0 Å². The fourth-order valence-corrected chi connectivity index (χ4v) is 1.41. The number of carbonyl (C=O) groups excluding carboxylic acids is 2. The van der Waals surface area contributed by atoms with Gasteiger partial charge in [0.15, 0.2) is 0 Å². The minimum atomic E-state index is -1.02. The van der Waals surface area contributed by atoms with Crippen molar-refractivity contribution < 1.29 is 19.5 Å². The molecule has 98 valence electrons. The van der Waals surface area contributed by atoms with E-state index in [4.69, 9.17) is 5.11 Å². The van der Waals surface area contributed by atoms with Crippen molar-refractivity contribution in [3.05, 3.63) is 24.0 Å². The second-order valence-electron chi connectivity index (χ2n) is 3.65. The summed E-state index contributed by atoms with van der Waals surface area (Å²) in [5.41, 5.74) is 0.278. The van der Waals surface area contributed by atoms with Crippen molar-refractivity contribution in [1.29, 1.82) is 0 Å². The lowest BCUT2D eigenvalue weighted by Gasteiger charge is -2.08. The average Bonchev–Trinajstić information content (AvgIpc) is 2.71. The quantitative estimate of drug-likeness (QED) is 0.591. The van der Waals surface area contributed by atoms with Crippen LogP contribution in [0.2, 0.25) is 0 Å².